The molecule has 0 bridgehead atoms. The molecule has 2 aromatic rings. The van der Waals surface area contributed by atoms with Gasteiger partial charge in [0.25, 0.3) is 5.91 Å². The van der Waals surface area contributed by atoms with Crippen LogP contribution in [0.15, 0.2) is 47.6 Å². The lowest BCUT2D eigenvalue weighted by Gasteiger charge is -2.08. The predicted octanol–water partition coefficient (Wildman–Crippen LogP) is 4.94. The molecule has 1 N–H and O–H groups in total. The van der Waals surface area contributed by atoms with Crippen LogP contribution in [-0.4, -0.2) is 18.7 Å². The second kappa shape index (κ2) is 9.30. The monoisotopic (exact) mass is 364 g/mol. The van der Waals surface area contributed by atoms with Gasteiger partial charge in [0.2, 0.25) is 0 Å². The molecule has 0 aliphatic rings. The molecule has 4 nitrogen and oxygen atoms in total. The lowest BCUT2D eigenvalue weighted by molar-refractivity contribution is 0.0955. The number of hydrogen-bond donors (Lipinski definition) is 1. The minimum atomic E-state index is -0.321. The number of unbranched alkanes of at least 4 members (excludes halogenated alkanes) is 1. The van der Waals surface area contributed by atoms with Gasteiger partial charge in [-0.3, -0.25) is 4.79 Å². The van der Waals surface area contributed by atoms with Crippen molar-refractivity contribution in [1.29, 1.82) is 0 Å². The van der Waals surface area contributed by atoms with Crippen molar-refractivity contribution >= 4 is 35.3 Å². The van der Waals surface area contributed by atoms with Crippen LogP contribution in [0.5, 0.6) is 5.75 Å². The van der Waals surface area contributed by atoms with E-state index in [9.17, 15) is 4.79 Å². The van der Waals surface area contributed by atoms with Crippen LogP contribution in [0.4, 0.5) is 0 Å². The van der Waals surface area contributed by atoms with Gasteiger partial charge < -0.3 is 4.74 Å². The Labute approximate surface area is 151 Å². The molecule has 0 radical (unpaired) electrons. The Bertz CT molecular complexity index is 715. The van der Waals surface area contributed by atoms with Gasteiger partial charge in [0.1, 0.15) is 5.75 Å². The minimum Gasteiger partial charge on any atom is -0.493 e. The van der Waals surface area contributed by atoms with Gasteiger partial charge in [-0.25, -0.2) is 5.43 Å². The van der Waals surface area contributed by atoms with E-state index in [-0.39, 0.29) is 5.91 Å². The lowest BCUT2D eigenvalue weighted by Crippen LogP contribution is -2.17. The highest BCUT2D eigenvalue weighted by Gasteiger charge is 2.05. The molecule has 0 aliphatic heterocycles. The number of rotatable bonds is 7. The van der Waals surface area contributed by atoms with Crippen LogP contribution in [0.25, 0.3) is 0 Å². The Hall–Kier alpha value is -2.04. The molecule has 0 spiro atoms. The highest BCUT2D eigenvalue weighted by atomic mass is 35.5. The number of nitrogens with zero attached hydrogens (tertiary/aromatic N) is 1. The molecule has 126 valence electrons. The Balaban J connectivity index is 2.03. The van der Waals surface area contributed by atoms with Crippen LogP contribution < -0.4 is 10.2 Å². The van der Waals surface area contributed by atoms with E-state index in [1.165, 1.54) is 6.21 Å². The highest BCUT2D eigenvalue weighted by Crippen LogP contribution is 2.21. The minimum absolute atomic E-state index is 0.321. The van der Waals surface area contributed by atoms with Crippen molar-refractivity contribution in [2.45, 2.75) is 19.8 Å². The van der Waals surface area contributed by atoms with Crippen LogP contribution in [0.2, 0.25) is 10.0 Å². The van der Waals surface area contributed by atoms with Gasteiger partial charge in [-0.2, -0.15) is 5.10 Å². The summed E-state index contributed by atoms with van der Waals surface area (Å²) in [6.45, 7) is 2.72. The van der Waals surface area contributed by atoms with Gasteiger partial charge in [0.05, 0.1) is 12.8 Å². The van der Waals surface area contributed by atoms with Crippen molar-refractivity contribution in [3.63, 3.8) is 0 Å². The smallest absolute Gasteiger partial charge is 0.271 e. The Kier molecular flexibility index (Phi) is 7.09. The first-order valence-electron chi connectivity index (χ1n) is 7.61. The zero-order valence-electron chi connectivity index (χ0n) is 13.3. The van der Waals surface area contributed by atoms with E-state index in [0.29, 0.717) is 33.5 Å². The topological polar surface area (TPSA) is 50.7 Å². The zero-order valence-corrected chi connectivity index (χ0v) is 14.8. The molecule has 0 saturated carbocycles. The van der Waals surface area contributed by atoms with E-state index in [0.717, 1.165) is 12.8 Å². The highest BCUT2D eigenvalue weighted by molar-refractivity contribution is 6.31. The van der Waals surface area contributed by atoms with Crippen molar-refractivity contribution in [2.24, 2.45) is 5.10 Å². The Morgan fingerprint density at radius 3 is 2.58 bits per heavy atom. The SMILES string of the molecule is CCCCOc1ccc(Cl)cc1/C=N/NC(=O)c1ccc(Cl)cc1. The van der Waals surface area contributed by atoms with Crippen LogP contribution in [-0.2, 0) is 0 Å². The summed E-state index contributed by atoms with van der Waals surface area (Å²) in [4.78, 5) is 12.0. The second-order valence-electron chi connectivity index (χ2n) is 5.09. The average Bonchev–Trinajstić information content (AvgIpc) is 2.57. The second-order valence-corrected chi connectivity index (χ2v) is 5.96. The molecular weight excluding hydrogens is 347 g/mol. The van der Waals surface area contributed by atoms with Gasteiger partial charge in [0.15, 0.2) is 0 Å². The van der Waals surface area contributed by atoms with Gasteiger partial charge in [-0.05, 0) is 48.9 Å². The number of nitrogens with one attached hydrogen (secondary N) is 1. The number of hydrogen-bond acceptors (Lipinski definition) is 3. The predicted molar refractivity (Wildman–Crippen MR) is 98.4 cm³/mol. The van der Waals surface area contributed by atoms with Gasteiger partial charge in [0, 0.05) is 21.2 Å². The average molecular weight is 365 g/mol. The molecule has 0 unspecified atom stereocenters. The summed E-state index contributed by atoms with van der Waals surface area (Å²) >= 11 is 11.8. The number of carbonyl (C=O) groups is 1. The fourth-order valence-corrected chi connectivity index (χ4v) is 2.21. The molecular formula is C18H18Cl2N2O2. The fraction of sp³-hybridized carbons (Fsp3) is 0.222. The summed E-state index contributed by atoms with van der Waals surface area (Å²) in [6.07, 6.45) is 3.53. The number of ether oxygens (including phenoxy) is 1. The van der Waals surface area contributed by atoms with Gasteiger partial charge in [-0.1, -0.05) is 36.5 Å². The summed E-state index contributed by atoms with van der Waals surface area (Å²) in [7, 11) is 0. The van der Waals surface area contributed by atoms with Crippen molar-refractivity contribution in [3.05, 3.63) is 63.6 Å². The summed E-state index contributed by atoms with van der Waals surface area (Å²) in [5.41, 5.74) is 3.65. The van der Waals surface area contributed by atoms with E-state index in [2.05, 4.69) is 17.5 Å². The van der Waals surface area contributed by atoms with Crippen LogP contribution in [0.1, 0.15) is 35.7 Å². The van der Waals surface area contributed by atoms with Crippen molar-refractivity contribution in [3.8, 4) is 5.75 Å². The van der Waals surface area contributed by atoms with Gasteiger partial charge in [-0.15, -0.1) is 0 Å². The lowest BCUT2D eigenvalue weighted by atomic mass is 10.2. The Morgan fingerprint density at radius 2 is 1.88 bits per heavy atom. The van der Waals surface area contributed by atoms with Gasteiger partial charge >= 0.3 is 0 Å². The first-order chi connectivity index (χ1) is 11.6. The zero-order chi connectivity index (χ0) is 17.4. The molecule has 24 heavy (non-hydrogen) atoms. The third kappa shape index (κ3) is 5.55. The molecule has 0 fully saturated rings. The van der Waals surface area contributed by atoms with Crippen molar-refractivity contribution in [2.75, 3.05) is 6.61 Å². The summed E-state index contributed by atoms with van der Waals surface area (Å²) < 4.78 is 5.71. The van der Waals surface area contributed by atoms with E-state index in [4.69, 9.17) is 27.9 Å². The van der Waals surface area contributed by atoms with Crippen molar-refractivity contribution in [1.82, 2.24) is 5.43 Å². The molecule has 6 heteroatoms. The molecule has 0 aromatic heterocycles. The third-order valence-electron chi connectivity index (χ3n) is 3.20. The Morgan fingerprint density at radius 1 is 1.17 bits per heavy atom. The number of carbonyl (C=O) groups excluding carboxylic acids is 1. The molecule has 0 saturated heterocycles. The van der Waals surface area contributed by atoms with Crippen molar-refractivity contribution < 1.29 is 9.53 Å². The van der Waals surface area contributed by atoms with E-state index in [1.807, 2.05) is 0 Å². The number of benzene rings is 2. The van der Waals surface area contributed by atoms with Crippen LogP contribution >= 0.6 is 23.2 Å². The maximum atomic E-state index is 12.0. The molecule has 0 heterocycles. The molecule has 2 rings (SSSR count). The molecule has 0 atom stereocenters. The number of amides is 1. The number of hydrazone groups is 1. The summed E-state index contributed by atoms with van der Waals surface area (Å²) in [5, 5.41) is 5.12. The standard InChI is InChI=1S/C18H18Cl2N2O2/c1-2-3-10-24-17-9-8-16(20)11-14(17)12-21-22-18(23)13-4-6-15(19)7-5-13/h4-9,11-12H,2-3,10H2,1H3,(H,22,23)/b21-12+. The maximum absolute atomic E-state index is 12.0. The quantitative estimate of drug-likeness (QED) is 0.429. The fourth-order valence-electron chi connectivity index (χ4n) is 1.90. The first kappa shape index (κ1) is 18.3. The molecule has 0 aliphatic carbocycles. The maximum Gasteiger partial charge on any atom is 0.271 e. The molecule has 2 aromatic carbocycles. The van der Waals surface area contributed by atoms with Crippen LogP contribution in [0, 0.1) is 0 Å². The third-order valence-corrected chi connectivity index (χ3v) is 3.69. The van der Waals surface area contributed by atoms with E-state index in [1.54, 1.807) is 42.5 Å². The van der Waals surface area contributed by atoms with E-state index < -0.39 is 0 Å². The summed E-state index contributed by atoms with van der Waals surface area (Å²) in [5.74, 6) is 0.357. The largest absolute Gasteiger partial charge is 0.493 e. The van der Waals surface area contributed by atoms with E-state index >= 15 is 0 Å². The normalized spacial score (nSPS) is 10.8. The van der Waals surface area contributed by atoms with Crippen LogP contribution in [0.3, 0.4) is 0 Å². The summed E-state index contributed by atoms with van der Waals surface area (Å²) in [6, 6.07) is 11.8. The first-order valence-corrected chi connectivity index (χ1v) is 8.37. The molecule has 1 amide bonds. The number of halogens is 2.